The van der Waals surface area contributed by atoms with Gasteiger partial charge in [-0.15, -0.1) is 11.3 Å². The lowest BCUT2D eigenvalue weighted by molar-refractivity contribution is -0.117. The van der Waals surface area contributed by atoms with Crippen LogP contribution in [0.1, 0.15) is 25.7 Å². The lowest BCUT2D eigenvalue weighted by Gasteiger charge is -2.19. The Hall–Kier alpha value is -2.75. The molecule has 0 atom stereocenters. The molecule has 2 heterocycles. The van der Waals surface area contributed by atoms with E-state index >= 15 is 0 Å². The molecule has 1 aliphatic rings. The van der Waals surface area contributed by atoms with Gasteiger partial charge in [0.25, 0.3) is 10.0 Å². The van der Waals surface area contributed by atoms with Gasteiger partial charge < -0.3 is 5.32 Å². The summed E-state index contributed by atoms with van der Waals surface area (Å²) in [5.41, 5.74) is 2.22. The summed E-state index contributed by atoms with van der Waals surface area (Å²) < 4.78 is 28.0. The first-order valence-corrected chi connectivity index (χ1v) is 13.0. The van der Waals surface area contributed by atoms with Gasteiger partial charge in [0, 0.05) is 16.6 Å². The third-order valence-electron chi connectivity index (χ3n) is 5.31. The number of nitrogens with one attached hydrogen (secondary N) is 2. The van der Waals surface area contributed by atoms with E-state index in [2.05, 4.69) is 19.9 Å². The summed E-state index contributed by atoms with van der Waals surface area (Å²) in [4.78, 5) is 19.0. The van der Waals surface area contributed by atoms with E-state index in [4.69, 9.17) is 0 Å². The highest BCUT2D eigenvalue weighted by atomic mass is 32.2. The number of benzene rings is 2. The van der Waals surface area contributed by atoms with Crippen LogP contribution >= 0.6 is 11.3 Å². The minimum Gasteiger partial charge on any atom is -0.325 e. The standard InChI is InChI=1S/C23H26N4O3S2/c28-22(16-27-14-6-1-2-7-15-27)24-19-10-12-20(13-11-19)32(29,30)26-23-25-21(17-31-23)18-8-4-3-5-9-18/h3-5,8-13,17H,1-2,6-7,14-16H2,(H,24,28)(H,25,26). The van der Waals surface area contributed by atoms with E-state index in [1.54, 1.807) is 12.1 Å². The number of sulfonamides is 1. The van der Waals surface area contributed by atoms with E-state index in [1.165, 1.54) is 36.3 Å². The molecular weight excluding hydrogens is 444 g/mol. The number of anilines is 2. The first kappa shape index (κ1) is 22.4. The minimum absolute atomic E-state index is 0.0862. The number of amides is 1. The smallest absolute Gasteiger partial charge is 0.263 e. The third kappa shape index (κ3) is 5.93. The van der Waals surface area contributed by atoms with Crippen molar-refractivity contribution in [2.24, 2.45) is 0 Å². The fourth-order valence-corrected chi connectivity index (χ4v) is 5.62. The summed E-state index contributed by atoms with van der Waals surface area (Å²) in [6.07, 6.45) is 4.69. The van der Waals surface area contributed by atoms with Gasteiger partial charge in [-0.1, -0.05) is 43.2 Å². The van der Waals surface area contributed by atoms with E-state index in [0.29, 0.717) is 17.4 Å². The lowest BCUT2D eigenvalue weighted by atomic mass is 10.2. The highest BCUT2D eigenvalue weighted by molar-refractivity contribution is 7.93. The Bertz CT molecular complexity index is 1140. The maximum absolute atomic E-state index is 12.7. The molecule has 1 saturated heterocycles. The van der Waals surface area contributed by atoms with Crippen molar-refractivity contribution in [1.82, 2.24) is 9.88 Å². The molecule has 0 aliphatic carbocycles. The Balaban J connectivity index is 1.36. The largest absolute Gasteiger partial charge is 0.325 e. The van der Waals surface area contributed by atoms with Crippen molar-refractivity contribution in [3.05, 3.63) is 60.0 Å². The van der Waals surface area contributed by atoms with Crippen LogP contribution < -0.4 is 10.0 Å². The summed E-state index contributed by atoms with van der Waals surface area (Å²) in [7, 11) is -3.78. The second kappa shape index (κ2) is 10.2. The monoisotopic (exact) mass is 470 g/mol. The number of thiazole rings is 1. The lowest BCUT2D eigenvalue weighted by Crippen LogP contribution is -2.33. The topological polar surface area (TPSA) is 91.4 Å². The molecule has 32 heavy (non-hydrogen) atoms. The Morgan fingerprint density at radius 2 is 1.66 bits per heavy atom. The maximum Gasteiger partial charge on any atom is 0.263 e. The highest BCUT2D eigenvalue weighted by Gasteiger charge is 2.17. The van der Waals surface area contributed by atoms with Gasteiger partial charge >= 0.3 is 0 Å². The molecule has 1 fully saturated rings. The first-order valence-electron chi connectivity index (χ1n) is 10.7. The fourth-order valence-electron chi connectivity index (χ4n) is 3.65. The molecule has 4 rings (SSSR count). The van der Waals surface area contributed by atoms with E-state index in [0.717, 1.165) is 37.2 Å². The van der Waals surface area contributed by atoms with Crippen LogP contribution in [0, 0.1) is 0 Å². The molecule has 7 nitrogen and oxygen atoms in total. The second-order valence-corrected chi connectivity index (χ2v) is 10.3. The number of aromatic nitrogens is 1. The average molecular weight is 471 g/mol. The van der Waals surface area contributed by atoms with Gasteiger partial charge in [-0.3, -0.25) is 14.4 Å². The molecule has 3 aromatic rings. The first-order chi connectivity index (χ1) is 15.5. The van der Waals surface area contributed by atoms with Gasteiger partial charge in [0.1, 0.15) is 0 Å². The number of hydrogen-bond donors (Lipinski definition) is 2. The van der Waals surface area contributed by atoms with Crippen LogP contribution in [0.5, 0.6) is 0 Å². The summed E-state index contributed by atoms with van der Waals surface area (Å²) in [6, 6.07) is 15.8. The molecule has 1 aromatic heterocycles. The van der Waals surface area contributed by atoms with Crippen LogP contribution in [0.4, 0.5) is 10.8 Å². The number of carbonyl (C=O) groups is 1. The Morgan fingerprint density at radius 3 is 2.34 bits per heavy atom. The fraction of sp³-hybridized carbons (Fsp3) is 0.304. The van der Waals surface area contributed by atoms with Crippen molar-refractivity contribution in [1.29, 1.82) is 0 Å². The van der Waals surface area contributed by atoms with Crippen LogP contribution in [0.25, 0.3) is 11.3 Å². The number of rotatable bonds is 7. The van der Waals surface area contributed by atoms with Crippen molar-refractivity contribution >= 4 is 38.1 Å². The zero-order chi connectivity index (χ0) is 22.4. The molecule has 0 spiro atoms. The predicted molar refractivity (Wildman–Crippen MR) is 128 cm³/mol. The van der Waals surface area contributed by atoms with Crippen LogP contribution in [-0.4, -0.2) is 43.8 Å². The van der Waals surface area contributed by atoms with Crippen molar-refractivity contribution in [2.45, 2.75) is 30.6 Å². The molecule has 0 unspecified atom stereocenters. The molecule has 2 N–H and O–H groups in total. The van der Waals surface area contributed by atoms with Crippen molar-refractivity contribution < 1.29 is 13.2 Å². The van der Waals surface area contributed by atoms with Gasteiger partial charge in [0.05, 0.1) is 17.1 Å². The molecular formula is C23H26N4O3S2. The van der Waals surface area contributed by atoms with Gasteiger partial charge in [0.2, 0.25) is 5.91 Å². The highest BCUT2D eigenvalue weighted by Crippen LogP contribution is 2.26. The zero-order valence-corrected chi connectivity index (χ0v) is 19.3. The van der Waals surface area contributed by atoms with Crippen molar-refractivity contribution in [3.8, 4) is 11.3 Å². The Kier molecular flexibility index (Phi) is 7.19. The average Bonchev–Trinajstić information content (AvgIpc) is 3.09. The van der Waals surface area contributed by atoms with Gasteiger partial charge in [-0.05, 0) is 50.2 Å². The molecule has 0 radical (unpaired) electrons. The van der Waals surface area contributed by atoms with Crippen LogP contribution in [0.3, 0.4) is 0 Å². The second-order valence-electron chi connectivity index (χ2n) is 7.77. The zero-order valence-electron chi connectivity index (χ0n) is 17.7. The maximum atomic E-state index is 12.7. The van der Waals surface area contributed by atoms with Crippen LogP contribution in [0.2, 0.25) is 0 Å². The molecule has 9 heteroatoms. The number of carbonyl (C=O) groups excluding carboxylic acids is 1. The Morgan fingerprint density at radius 1 is 0.969 bits per heavy atom. The van der Waals surface area contributed by atoms with Crippen LogP contribution in [-0.2, 0) is 14.8 Å². The minimum atomic E-state index is -3.78. The molecule has 1 aliphatic heterocycles. The number of hydrogen-bond acceptors (Lipinski definition) is 6. The van der Waals surface area contributed by atoms with E-state index in [-0.39, 0.29) is 10.8 Å². The SMILES string of the molecule is O=C(CN1CCCCCC1)Nc1ccc(S(=O)(=O)Nc2nc(-c3ccccc3)cs2)cc1. The summed E-state index contributed by atoms with van der Waals surface area (Å²) >= 11 is 1.23. The molecule has 1 amide bonds. The number of nitrogens with zero attached hydrogens (tertiary/aromatic N) is 2. The summed E-state index contributed by atoms with van der Waals surface area (Å²) in [5.74, 6) is -0.0862. The summed E-state index contributed by atoms with van der Waals surface area (Å²) in [6.45, 7) is 2.24. The van der Waals surface area contributed by atoms with Crippen molar-refractivity contribution in [3.63, 3.8) is 0 Å². The normalized spacial score (nSPS) is 15.1. The predicted octanol–water partition coefficient (Wildman–Crippen LogP) is 4.43. The van der Waals surface area contributed by atoms with E-state index in [1.807, 2.05) is 35.7 Å². The molecule has 0 saturated carbocycles. The van der Waals surface area contributed by atoms with Gasteiger partial charge in [0.15, 0.2) is 5.13 Å². The van der Waals surface area contributed by atoms with Gasteiger partial charge in [-0.25, -0.2) is 13.4 Å². The quantitative estimate of drug-likeness (QED) is 0.533. The van der Waals surface area contributed by atoms with E-state index < -0.39 is 10.0 Å². The van der Waals surface area contributed by atoms with E-state index in [9.17, 15) is 13.2 Å². The van der Waals surface area contributed by atoms with Gasteiger partial charge in [-0.2, -0.15) is 0 Å². The van der Waals surface area contributed by atoms with Crippen molar-refractivity contribution in [2.75, 3.05) is 29.7 Å². The van der Waals surface area contributed by atoms with Crippen LogP contribution in [0.15, 0.2) is 64.9 Å². The summed E-state index contributed by atoms with van der Waals surface area (Å²) in [5, 5.41) is 4.97. The number of likely N-dealkylation sites (tertiary alicyclic amines) is 1. The third-order valence-corrected chi connectivity index (χ3v) is 7.55. The molecule has 2 aromatic carbocycles. The molecule has 168 valence electrons. The molecule has 0 bridgehead atoms. The Labute approximate surface area is 192 Å².